The molecule has 0 aromatic carbocycles. The van der Waals surface area contributed by atoms with Gasteiger partial charge in [-0.05, 0) is 0 Å². The Labute approximate surface area is 91.8 Å². The first kappa shape index (κ1) is 12.4. The lowest BCUT2D eigenvalue weighted by Gasteiger charge is -2.25. The molecule has 0 aromatic rings. The van der Waals surface area contributed by atoms with Crippen LogP contribution in [0.1, 0.15) is 27.7 Å². The van der Waals surface area contributed by atoms with Gasteiger partial charge in [0.25, 0.3) is 0 Å². The Morgan fingerprint density at radius 3 is 1.43 bits per heavy atom. The first-order valence-electron chi connectivity index (χ1n) is 4.35. The molecule has 0 radical (unpaired) electrons. The Hall–Kier alpha value is 0.370. The van der Waals surface area contributed by atoms with Gasteiger partial charge in [0.15, 0.2) is 0 Å². The van der Waals surface area contributed by atoms with E-state index >= 15 is 0 Å². The third kappa shape index (κ3) is 1.15. The lowest BCUT2D eigenvalue weighted by molar-refractivity contribution is -0.189. The highest BCUT2D eigenvalue weighted by atomic mass is 35.5. The largest absolute Gasteiger partial charge is 0.392 e. The van der Waals surface area contributed by atoms with Crippen LogP contribution in [0.2, 0.25) is 0 Å². The molecule has 0 bridgehead atoms. The van der Waals surface area contributed by atoms with Crippen molar-refractivity contribution in [3.8, 4) is 0 Å². The van der Waals surface area contributed by atoms with Crippen molar-refractivity contribution in [2.24, 2.45) is 16.7 Å². The van der Waals surface area contributed by atoms with E-state index in [1.165, 1.54) is 6.92 Å². The van der Waals surface area contributed by atoms with Crippen molar-refractivity contribution in [3.05, 3.63) is 0 Å². The topological polar surface area (TPSA) is 0 Å². The lowest BCUT2D eigenvalue weighted by Crippen LogP contribution is -2.31. The second-order valence-corrected chi connectivity index (χ2v) is 5.99. The summed E-state index contributed by atoms with van der Waals surface area (Å²) < 4.78 is 36.4. The molecule has 0 spiro atoms. The molecule has 1 fully saturated rings. The normalized spacial score (nSPS) is 36.6. The molecule has 0 saturated heterocycles. The van der Waals surface area contributed by atoms with Crippen LogP contribution in [-0.2, 0) is 0 Å². The fourth-order valence-electron chi connectivity index (χ4n) is 2.14. The Bertz CT molecular complexity index is 241. The third-order valence-electron chi connectivity index (χ3n) is 4.03. The van der Waals surface area contributed by atoms with Crippen LogP contribution in [0.5, 0.6) is 0 Å². The third-order valence-corrected chi connectivity index (χ3v) is 5.76. The SMILES string of the molecule is CC(C(F)(F)F)C1(C)C(C)(C)C1(Cl)Cl. The molecular formula is C9H13Cl2F3. The summed E-state index contributed by atoms with van der Waals surface area (Å²) in [6.07, 6.45) is -4.25. The monoisotopic (exact) mass is 248 g/mol. The van der Waals surface area contributed by atoms with Crippen LogP contribution in [0.3, 0.4) is 0 Å². The van der Waals surface area contributed by atoms with Crippen LogP contribution in [0.15, 0.2) is 0 Å². The molecule has 1 aliphatic rings. The molecule has 2 unspecified atom stereocenters. The Morgan fingerprint density at radius 1 is 1.07 bits per heavy atom. The molecule has 84 valence electrons. The lowest BCUT2D eigenvalue weighted by atomic mass is 9.85. The van der Waals surface area contributed by atoms with Gasteiger partial charge in [-0.3, -0.25) is 0 Å². The van der Waals surface area contributed by atoms with E-state index in [1.54, 1.807) is 13.8 Å². The molecule has 1 rings (SSSR count). The van der Waals surface area contributed by atoms with Gasteiger partial charge in [-0.25, -0.2) is 0 Å². The molecule has 0 amide bonds. The zero-order valence-electron chi connectivity index (χ0n) is 8.47. The molecule has 0 aromatic heterocycles. The predicted molar refractivity (Wildman–Crippen MR) is 51.5 cm³/mol. The summed E-state index contributed by atoms with van der Waals surface area (Å²) in [5, 5.41) is 0. The number of hydrogen-bond donors (Lipinski definition) is 0. The summed E-state index contributed by atoms with van der Waals surface area (Å²) in [7, 11) is 0. The van der Waals surface area contributed by atoms with E-state index in [2.05, 4.69) is 0 Å². The van der Waals surface area contributed by atoms with E-state index in [4.69, 9.17) is 23.2 Å². The molecular weight excluding hydrogens is 236 g/mol. The first-order chi connectivity index (χ1) is 5.90. The highest BCUT2D eigenvalue weighted by molar-refractivity contribution is 6.52. The Morgan fingerprint density at radius 2 is 1.36 bits per heavy atom. The van der Waals surface area contributed by atoms with Crippen molar-refractivity contribution in [1.82, 2.24) is 0 Å². The average Bonchev–Trinajstić information content (AvgIpc) is 2.26. The van der Waals surface area contributed by atoms with Crippen LogP contribution in [-0.4, -0.2) is 10.5 Å². The fraction of sp³-hybridized carbons (Fsp3) is 1.00. The first-order valence-corrected chi connectivity index (χ1v) is 5.11. The molecule has 5 heteroatoms. The van der Waals surface area contributed by atoms with Gasteiger partial charge in [0.05, 0.1) is 5.92 Å². The van der Waals surface area contributed by atoms with Crippen molar-refractivity contribution in [3.63, 3.8) is 0 Å². The number of hydrogen-bond acceptors (Lipinski definition) is 0. The highest BCUT2D eigenvalue weighted by Crippen LogP contribution is 2.81. The summed E-state index contributed by atoms with van der Waals surface area (Å²) in [5.41, 5.74) is -1.82. The zero-order chi connectivity index (χ0) is 11.6. The van der Waals surface area contributed by atoms with Crippen molar-refractivity contribution < 1.29 is 13.2 Å². The number of halogens is 5. The van der Waals surface area contributed by atoms with E-state index in [0.717, 1.165) is 6.92 Å². The molecule has 2 atom stereocenters. The van der Waals surface area contributed by atoms with Gasteiger partial charge in [-0.1, -0.05) is 27.7 Å². The quantitative estimate of drug-likeness (QED) is 0.604. The Balaban J connectivity index is 3.03. The summed E-state index contributed by atoms with van der Waals surface area (Å²) in [5.74, 6) is -1.50. The van der Waals surface area contributed by atoms with Crippen LogP contribution in [0.4, 0.5) is 13.2 Å². The van der Waals surface area contributed by atoms with Gasteiger partial charge >= 0.3 is 6.18 Å². The van der Waals surface area contributed by atoms with E-state index in [0.29, 0.717) is 0 Å². The molecule has 0 aliphatic heterocycles. The molecule has 0 heterocycles. The van der Waals surface area contributed by atoms with Gasteiger partial charge < -0.3 is 0 Å². The summed E-state index contributed by atoms with van der Waals surface area (Å²) in [6.45, 7) is 5.95. The zero-order valence-corrected chi connectivity index (χ0v) is 9.98. The fourth-order valence-corrected chi connectivity index (χ4v) is 3.24. The average molecular weight is 249 g/mol. The van der Waals surface area contributed by atoms with Crippen LogP contribution in [0.25, 0.3) is 0 Å². The molecule has 14 heavy (non-hydrogen) atoms. The number of alkyl halides is 5. The summed E-state index contributed by atoms with van der Waals surface area (Å²) >= 11 is 11.8. The molecule has 0 N–H and O–H groups in total. The van der Waals surface area contributed by atoms with E-state index in [9.17, 15) is 13.2 Å². The van der Waals surface area contributed by atoms with Gasteiger partial charge in [0, 0.05) is 10.8 Å². The minimum Gasteiger partial charge on any atom is -0.171 e. The van der Waals surface area contributed by atoms with Crippen molar-refractivity contribution in [2.45, 2.75) is 38.2 Å². The van der Waals surface area contributed by atoms with Crippen LogP contribution >= 0.6 is 23.2 Å². The van der Waals surface area contributed by atoms with Gasteiger partial charge in [-0.2, -0.15) is 13.2 Å². The molecule has 1 saturated carbocycles. The summed E-state index contributed by atoms with van der Waals surface area (Å²) in [6, 6.07) is 0. The maximum absolute atomic E-state index is 12.6. The van der Waals surface area contributed by atoms with Crippen molar-refractivity contribution >= 4 is 23.2 Å². The van der Waals surface area contributed by atoms with Crippen LogP contribution in [0, 0.1) is 16.7 Å². The van der Waals surface area contributed by atoms with Crippen LogP contribution < -0.4 is 0 Å². The van der Waals surface area contributed by atoms with Gasteiger partial charge in [0.1, 0.15) is 4.33 Å². The maximum atomic E-state index is 12.6. The number of rotatable bonds is 1. The minimum absolute atomic E-state index is 0.710. The van der Waals surface area contributed by atoms with Crippen molar-refractivity contribution in [1.29, 1.82) is 0 Å². The predicted octanol–water partition coefficient (Wildman–Crippen LogP) is 4.40. The second kappa shape index (κ2) is 2.73. The summed E-state index contributed by atoms with van der Waals surface area (Å²) in [4.78, 5) is 0. The van der Waals surface area contributed by atoms with Gasteiger partial charge in [-0.15, -0.1) is 23.2 Å². The van der Waals surface area contributed by atoms with E-state index < -0.39 is 27.3 Å². The molecule has 0 nitrogen and oxygen atoms in total. The minimum atomic E-state index is -4.25. The van der Waals surface area contributed by atoms with Crippen molar-refractivity contribution in [2.75, 3.05) is 0 Å². The maximum Gasteiger partial charge on any atom is 0.392 e. The highest BCUT2D eigenvalue weighted by Gasteiger charge is 2.83. The smallest absolute Gasteiger partial charge is 0.171 e. The standard InChI is InChI=1S/C9H13Cl2F3/c1-5(8(12,13)14)7(4)6(2,3)9(7,10)11/h5H,1-4H3. The van der Waals surface area contributed by atoms with Gasteiger partial charge in [0.2, 0.25) is 0 Å². The Kier molecular flexibility index (Phi) is 2.43. The molecule has 1 aliphatic carbocycles. The second-order valence-electron chi connectivity index (χ2n) is 4.67. The van der Waals surface area contributed by atoms with E-state index in [-0.39, 0.29) is 0 Å². The van der Waals surface area contributed by atoms with E-state index in [1.807, 2.05) is 0 Å².